The first-order valence-corrected chi connectivity index (χ1v) is 9.25. The zero-order valence-electron chi connectivity index (χ0n) is 14.9. The molecule has 3 rings (SSSR count). The molecular formula is C21H27N3O. The fourth-order valence-electron chi connectivity index (χ4n) is 3.24. The number of carbonyl (C=O) groups is 1. The molecule has 25 heavy (non-hydrogen) atoms. The number of carbonyl (C=O) groups excluding carboxylic acids is 1. The molecule has 1 amide bonds. The largest absolute Gasteiger partial charge is 0.371 e. The lowest BCUT2D eigenvalue weighted by atomic mass is 9.99. The minimum absolute atomic E-state index is 0.0831. The average Bonchev–Trinajstić information content (AvgIpc) is 2.66. The topological polar surface area (TPSA) is 45.2 Å². The van der Waals surface area contributed by atoms with Gasteiger partial charge in [-0.3, -0.25) is 9.78 Å². The summed E-state index contributed by atoms with van der Waals surface area (Å²) in [4.78, 5) is 19.0. The number of benzene rings is 1. The Hall–Kier alpha value is -2.36. The van der Waals surface area contributed by atoms with Crippen LogP contribution < -0.4 is 10.2 Å². The van der Waals surface area contributed by atoms with Gasteiger partial charge in [0.15, 0.2) is 0 Å². The van der Waals surface area contributed by atoms with Crippen LogP contribution in [0.5, 0.6) is 0 Å². The lowest BCUT2D eigenvalue weighted by Crippen LogP contribution is -2.33. The zero-order valence-corrected chi connectivity index (χ0v) is 14.9. The van der Waals surface area contributed by atoms with Crippen LogP contribution in [0.15, 0.2) is 48.7 Å². The number of nitrogens with one attached hydrogen (secondary N) is 1. The molecule has 0 aliphatic carbocycles. The van der Waals surface area contributed by atoms with Gasteiger partial charge in [0.1, 0.15) is 5.69 Å². The first-order valence-electron chi connectivity index (χ1n) is 9.25. The van der Waals surface area contributed by atoms with E-state index in [4.69, 9.17) is 0 Å². The van der Waals surface area contributed by atoms with Crippen LogP contribution in [0.4, 0.5) is 5.69 Å². The van der Waals surface area contributed by atoms with Crippen molar-refractivity contribution in [2.24, 2.45) is 5.92 Å². The van der Waals surface area contributed by atoms with E-state index >= 15 is 0 Å². The number of anilines is 1. The maximum atomic E-state index is 12.4. The lowest BCUT2D eigenvalue weighted by molar-refractivity contribution is 0.0948. The molecule has 4 heteroatoms. The summed E-state index contributed by atoms with van der Waals surface area (Å²) in [5.41, 5.74) is 2.92. The summed E-state index contributed by atoms with van der Waals surface area (Å²) in [5, 5.41) is 2.99. The fourth-order valence-corrected chi connectivity index (χ4v) is 3.24. The number of piperidine rings is 1. The van der Waals surface area contributed by atoms with Gasteiger partial charge in [-0.1, -0.05) is 37.3 Å². The first kappa shape index (κ1) is 17.5. The molecule has 1 aromatic carbocycles. The van der Waals surface area contributed by atoms with Crippen LogP contribution in [0.3, 0.4) is 0 Å². The Balaban J connectivity index is 1.49. The second kappa shape index (κ2) is 8.65. The van der Waals surface area contributed by atoms with Gasteiger partial charge in [0.05, 0.1) is 0 Å². The van der Waals surface area contributed by atoms with Gasteiger partial charge in [-0.05, 0) is 49.3 Å². The molecule has 2 aromatic rings. The van der Waals surface area contributed by atoms with Crippen LogP contribution in [0.1, 0.15) is 42.2 Å². The molecule has 4 nitrogen and oxygen atoms in total. The molecule has 0 saturated carbocycles. The number of rotatable bonds is 6. The number of pyridine rings is 1. The third-order valence-corrected chi connectivity index (χ3v) is 4.90. The van der Waals surface area contributed by atoms with Gasteiger partial charge in [-0.2, -0.15) is 0 Å². The number of aryl methyl sites for hydroxylation is 1. The van der Waals surface area contributed by atoms with Crippen molar-refractivity contribution < 1.29 is 4.79 Å². The van der Waals surface area contributed by atoms with E-state index in [9.17, 15) is 4.79 Å². The molecule has 2 heterocycles. The molecule has 0 unspecified atom stereocenters. The van der Waals surface area contributed by atoms with Crippen molar-refractivity contribution in [1.29, 1.82) is 0 Å². The second-order valence-corrected chi connectivity index (χ2v) is 6.91. The minimum atomic E-state index is -0.0831. The van der Waals surface area contributed by atoms with Crippen molar-refractivity contribution in [1.82, 2.24) is 10.3 Å². The molecule has 0 bridgehead atoms. The Bertz CT molecular complexity index is 679. The number of amides is 1. The van der Waals surface area contributed by atoms with Gasteiger partial charge in [0.2, 0.25) is 0 Å². The van der Waals surface area contributed by atoms with E-state index in [1.807, 2.05) is 30.3 Å². The number of hydrogen-bond acceptors (Lipinski definition) is 3. The van der Waals surface area contributed by atoms with Gasteiger partial charge in [-0.25, -0.2) is 0 Å². The van der Waals surface area contributed by atoms with E-state index in [1.54, 1.807) is 6.20 Å². The molecule has 1 aliphatic heterocycles. The Morgan fingerprint density at radius 2 is 1.96 bits per heavy atom. The highest BCUT2D eigenvalue weighted by atomic mass is 16.1. The predicted molar refractivity (Wildman–Crippen MR) is 102 cm³/mol. The maximum absolute atomic E-state index is 12.4. The molecule has 1 N–H and O–H groups in total. The zero-order chi connectivity index (χ0) is 17.5. The van der Waals surface area contributed by atoms with E-state index in [1.165, 1.54) is 18.4 Å². The van der Waals surface area contributed by atoms with Crippen molar-refractivity contribution in [2.75, 3.05) is 24.5 Å². The van der Waals surface area contributed by atoms with Gasteiger partial charge >= 0.3 is 0 Å². The molecule has 1 fully saturated rings. The smallest absolute Gasteiger partial charge is 0.269 e. The highest BCUT2D eigenvalue weighted by molar-refractivity contribution is 5.93. The molecule has 132 valence electrons. The maximum Gasteiger partial charge on any atom is 0.269 e. The van der Waals surface area contributed by atoms with E-state index in [-0.39, 0.29) is 5.91 Å². The van der Waals surface area contributed by atoms with Gasteiger partial charge in [-0.15, -0.1) is 0 Å². The van der Waals surface area contributed by atoms with Crippen LogP contribution in [0.25, 0.3) is 0 Å². The highest BCUT2D eigenvalue weighted by Gasteiger charge is 2.17. The summed E-state index contributed by atoms with van der Waals surface area (Å²) in [6.45, 7) is 5.09. The van der Waals surface area contributed by atoms with Crippen molar-refractivity contribution in [2.45, 2.75) is 32.6 Å². The van der Waals surface area contributed by atoms with E-state index < -0.39 is 0 Å². The fraction of sp³-hybridized carbons (Fsp3) is 0.429. The van der Waals surface area contributed by atoms with E-state index in [0.29, 0.717) is 12.2 Å². The van der Waals surface area contributed by atoms with Crippen LogP contribution >= 0.6 is 0 Å². The highest BCUT2D eigenvalue weighted by Crippen LogP contribution is 2.22. The third-order valence-electron chi connectivity index (χ3n) is 4.90. The Kier molecular flexibility index (Phi) is 6.04. The van der Waals surface area contributed by atoms with Crippen LogP contribution in [-0.4, -0.2) is 30.5 Å². The molecule has 0 atom stereocenters. The van der Waals surface area contributed by atoms with Gasteiger partial charge < -0.3 is 10.2 Å². The molecule has 1 saturated heterocycles. The summed E-state index contributed by atoms with van der Waals surface area (Å²) in [7, 11) is 0. The lowest BCUT2D eigenvalue weighted by Gasteiger charge is -2.32. The summed E-state index contributed by atoms with van der Waals surface area (Å²) >= 11 is 0. The Labute approximate surface area is 150 Å². The Morgan fingerprint density at radius 1 is 1.20 bits per heavy atom. The van der Waals surface area contributed by atoms with Gasteiger partial charge in [0, 0.05) is 31.5 Å². The standard InChI is InChI=1S/C21H27N3O/c1-17-10-14-24(15-11-17)19-9-13-22-20(16-19)21(25)23-12-5-8-18-6-3-2-4-7-18/h2-4,6-7,9,13,16-17H,5,8,10-12,14-15H2,1H3,(H,23,25). The van der Waals surface area contributed by atoms with Crippen molar-refractivity contribution >= 4 is 11.6 Å². The minimum Gasteiger partial charge on any atom is -0.371 e. The molecular weight excluding hydrogens is 310 g/mol. The Morgan fingerprint density at radius 3 is 2.72 bits per heavy atom. The van der Waals surface area contributed by atoms with E-state index in [0.717, 1.165) is 37.5 Å². The molecule has 1 aliphatic rings. The average molecular weight is 337 g/mol. The summed E-state index contributed by atoms with van der Waals surface area (Å²) in [6, 6.07) is 14.3. The summed E-state index contributed by atoms with van der Waals surface area (Å²) in [5.74, 6) is 0.714. The van der Waals surface area contributed by atoms with Crippen LogP contribution in [-0.2, 0) is 6.42 Å². The normalized spacial score (nSPS) is 15.2. The summed E-state index contributed by atoms with van der Waals surface area (Å²) in [6.07, 6.45) is 6.07. The SMILES string of the molecule is CC1CCN(c2ccnc(C(=O)NCCCc3ccccc3)c2)CC1. The van der Waals surface area contributed by atoms with Gasteiger partial charge in [0.25, 0.3) is 5.91 Å². The number of aromatic nitrogens is 1. The third kappa shape index (κ3) is 5.05. The van der Waals surface area contributed by atoms with Crippen molar-refractivity contribution in [3.05, 3.63) is 59.9 Å². The van der Waals surface area contributed by atoms with E-state index in [2.05, 4.69) is 34.3 Å². The molecule has 1 aromatic heterocycles. The van der Waals surface area contributed by atoms with Crippen molar-refractivity contribution in [3.8, 4) is 0 Å². The molecule has 0 radical (unpaired) electrons. The quantitative estimate of drug-likeness (QED) is 0.818. The predicted octanol–water partition coefficient (Wildman–Crippen LogP) is 3.68. The first-order chi connectivity index (χ1) is 12.2. The number of nitrogens with zero attached hydrogens (tertiary/aromatic N) is 2. The summed E-state index contributed by atoms with van der Waals surface area (Å²) < 4.78 is 0. The van der Waals surface area contributed by atoms with Crippen LogP contribution in [0, 0.1) is 5.92 Å². The monoisotopic (exact) mass is 337 g/mol. The van der Waals surface area contributed by atoms with Crippen LogP contribution in [0.2, 0.25) is 0 Å². The molecule has 0 spiro atoms. The second-order valence-electron chi connectivity index (χ2n) is 6.91. The van der Waals surface area contributed by atoms with Crippen molar-refractivity contribution in [3.63, 3.8) is 0 Å². The number of hydrogen-bond donors (Lipinski definition) is 1.